The van der Waals surface area contributed by atoms with Crippen molar-refractivity contribution in [1.29, 1.82) is 0 Å². The number of halogens is 1. The quantitative estimate of drug-likeness (QED) is 0.813. The summed E-state index contributed by atoms with van der Waals surface area (Å²) in [6.07, 6.45) is 2.10. The van der Waals surface area contributed by atoms with E-state index in [2.05, 4.69) is 24.0 Å². The summed E-state index contributed by atoms with van der Waals surface area (Å²) in [4.78, 5) is 11.8. The number of amides is 1. The van der Waals surface area contributed by atoms with Gasteiger partial charge < -0.3 is 10.6 Å². The lowest BCUT2D eigenvalue weighted by Gasteiger charge is -2.28. The highest BCUT2D eigenvalue weighted by Gasteiger charge is 2.20. The highest BCUT2D eigenvalue weighted by atomic mass is 19.1. The number of carbonyl (C=O) groups excluding carboxylic acids is 1. The molecular formula is C13H16FN2O. The van der Waals surface area contributed by atoms with Crippen molar-refractivity contribution < 1.29 is 9.18 Å². The highest BCUT2D eigenvalue weighted by molar-refractivity contribution is 5.94. The maximum atomic E-state index is 13.0. The number of piperidine rings is 1. The second-order valence-corrected chi connectivity index (χ2v) is 4.42. The first kappa shape index (κ1) is 12.0. The minimum atomic E-state index is -0.392. The van der Waals surface area contributed by atoms with E-state index in [1.54, 1.807) is 6.07 Å². The van der Waals surface area contributed by atoms with Gasteiger partial charge in [0.1, 0.15) is 5.82 Å². The van der Waals surface area contributed by atoms with Crippen molar-refractivity contribution in [3.05, 3.63) is 42.1 Å². The minimum absolute atomic E-state index is 0.00881. The van der Waals surface area contributed by atoms with Gasteiger partial charge in [-0.15, -0.1) is 0 Å². The fourth-order valence-corrected chi connectivity index (χ4v) is 1.98. The van der Waals surface area contributed by atoms with Crippen molar-refractivity contribution >= 4 is 5.91 Å². The number of carbonyl (C=O) groups is 1. The molecule has 2 unspecified atom stereocenters. The van der Waals surface area contributed by atoms with Crippen molar-refractivity contribution in [2.24, 2.45) is 5.92 Å². The van der Waals surface area contributed by atoms with E-state index in [9.17, 15) is 9.18 Å². The molecule has 1 aliphatic rings. The van der Waals surface area contributed by atoms with E-state index in [0.717, 1.165) is 13.1 Å². The first-order valence-corrected chi connectivity index (χ1v) is 5.77. The Labute approximate surface area is 100 Å². The predicted molar refractivity (Wildman–Crippen MR) is 64.0 cm³/mol. The summed E-state index contributed by atoms with van der Waals surface area (Å²) in [5.74, 6) is -0.194. The molecule has 1 heterocycles. The van der Waals surface area contributed by atoms with E-state index in [1.807, 2.05) is 0 Å². The maximum Gasteiger partial charge on any atom is 0.251 e. The molecule has 0 spiro atoms. The smallest absolute Gasteiger partial charge is 0.251 e. The summed E-state index contributed by atoms with van der Waals surface area (Å²) >= 11 is 0. The number of hydrogen-bond acceptors (Lipinski definition) is 2. The van der Waals surface area contributed by atoms with E-state index in [0.29, 0.717) is 11.5 Å². The van der Waals surface area contributed by atoms with Crippen molar-refractivity contribution in [1.82, 2.24) is 10.6 Å². The second kappa shape index (κ2) is 5.27. The molecule has 2 atom stereocenters. The summed E-state index contributed by atoms with van der Waals surface area (Å²) < 4.78 is 13.0. The zero-order valence-corrected chi connectivity index (χ0v) is 9.74. The van der Waals surface area contributed by atoms with Crippen LogP contribution in [0.1, 0.15) is 17.3 Å². The maximum absolute atomic E-state index is 13.0. The Morgan fingerprint density at radius 1 is 1.47 bits per heavy atom. The van der Waals surface area contributed by atoms with Crippen LogP contribution in [0.5, 0.6) is 0 Å². The molecule has 17 heavy (non-hydrogen) atoms. The van der Waals surface area contributed by atoms with E-state index in [1.165, 1.54) is 18.2 Å². The Morgan fingerprint density at radius 2 is 2.29 bits per heavy atom. The Bertz CT molecular complexity index is 408. The Balaban J connectivity index is 1.97. The van der Waals surface area contributed by atoms with Crippen LogP contribution in [0, 0.1) is 18.2 Å². The van der Waals surface area contributed by atoms with Gasteiger partial charge in [-0.25, -0.2) is 4.39 Å². The third-order valence-corrected chi connectivity index (χ3v) is 2.79. The number of benzene rings is 1. The Kier molecular flexibility index (Phi) is 3.74. The minimum Gasteiger partial charge on any atom is -0.348 e. The van der Waals surface area contributed by atoms with Gasteiger partial charge in [-0.1, -0.05) is 13.0 Å². The zero-order valence-electron chi connectivity index (χ0n) is 9.74. The van der Waals surface area contributed by atoms with E-state index in [-0.39, 0.29) is 11.9 Å². The fraction of sp³-hybridized carbons (Fsp3) is 0.385. The van der Waals surface area contributed by atoms with Gasteiger partial charge in [0.15, 0.2) is 0 Å². The molecular weight excluding hydrogens is 219 g/mol. The Morgan fingerprint density at radius 3 is 3.00 bits per heavy atom. The molecule has 0 aromatic heterocycles. The van der Waals surface area contributed by atoms with Gasteiger partial charge in [-0.2, -0.15) is 0 Å². The van der Waals surface area contributed by atoms with Crippen molar-refractivity contribution in [2.75, 3.05) is 13.1 Å². The third-order valence-electron chi connectivity index (χ3n) is 2.79. The monoisotopic (exact) mass is 235 g/mol. The van der Waals surface area contributed by atoms with Crippen LogP contribution in [0.3, 0.4) is 0 Å². The molecule has 91 valence electrons. The van der Waals surface area contributed by atoms with Gasteiger partial charge in [0, 0.05) is 18.2 Å². The molecule has 3 nitrogen and oxygen atoms in total. The lowest BCUT2D eigenvalue weighted by atomic mass is 9.97. The lowest BCUT2D eigenvalue weighted by molar-refractivity contribution is 0.0936. The fourth-order valence-electron chi connectivity index (χ4n) is 1.98. The lowest BCUT2D eigenvalue weighted by Crippen LogP contribution is -2.48. The van der Waals surface area contributed by atoms with Crippen LogP contribution in [0.2, 0.25) is 0 Å². The molecule has 0 bridgehead atoms. The van der Waals surface area contributed by atoms with E-state index < -0.39 is 5.82 Å². The standard InChI is InChI=1S/C13H16FN2O/c1-9-5-12(8-15-7-9)16-13(17)10-3-2-4-11(14)6-10/h2-6,9,12,15H,7-8H2,1H3,(H,16,17). The van der Waals surface area contributed by atoms with Crippen LogP contribution < -0.4 is 10.6 Å². The topological polar surface area (TPSA) is 41.1 Å². The summed E-state index contributed by atoms with van der Waals surface area (Å²) in [5.41, 5.74) is 0.358. The van der Waals surface area contributed by atoms with Gasteiger partial charge in [0.05, 0.1) is 0 Å². The van der Waals surface area contributed by atoms with Crippen LogP contribution in [0.4, 0.5) is 4.39 Å². The highest BCUT2D eigenvalue weighted by Crippen LogP contribution is 2.09. The average molecular weight is 235 g/mol. The second-order valence-electron chi connectivity index (χ2n) is 4.42. The summed E-state index contributed by atoms with van der Waals surface area (Å²) in [6, 6.07) is 5.73. The molecule has 4 heteroatoms. The van der Waals surface area contributed by atoms with Crippen LogP contribution in [0.15, 0.2) is 24.3 Å². The third kappa shape index (κ3) is 3.27. The van der Waals surface area contributed by atoms with Crippen molar-refractivity contribution in [2.45, 2.75) is 13.0 Å². The number of rotatable bonds is 2. The summed E-state index contributed by atoms with van der Waals surface area (Å²) in [6.45, 7) is 3.76. The van der Waals surface area contributed by atoms with Crippen molar-refractivity contribution in [3.8, 4) is 0 Å². The average Bonchev–Trinajstić information content (AvgIpc) is 2.29. The first-order chi connectivity index (χ1) is 8.15. The van der Waals surface area contributed by atoms with Crippen LogP contribution in [0.25, 0.3) is 0 Å². The zero-order chi connectivity index (χ0) is 12.3. The van der Waals surface area contributed by atoms with Gasteiger partial charge in [0.2, 0.25) is 0 Å². The van der Waals surface area contributed by atoms with Gasteiger partial charge >= 0.3 is 0 Å². The molecule has 1 saturated heterocycles. The molecule has 1 fully saturated rings. The summed E-state index contributed by atoms with van der Waals surface area (Å²) in [7, 11) is 0. The molecule has 0 saturated carbocycles. The molecule has 1 radical (unpaired) electrons. The molecule has 1 aromatic carbocycles. The van der Waals surface area contributed by atoms with E-state index >= 15 is 0 Å². The predicted octanol–water partition coefficient (Wildman–Crippen LogP) is 1.37. The van der Waals surface area contributed by atoms with Gasteiger partial charge in [-0.05, 0) is 37.1 Å². The SMILES string of the molecule is CC1[CH]C(NC(=O)c2cccc(F)c2)CNC1. The van der Waals surface area contributed by atoms with Crippen LogP contribution >= 0.6 is 0 Å². The molecule has 2 rings (SSSR count). The van der Waals surface area contributed by atoms with Gasteiger partial charge in [0.25, 0.3) is 5.91 Å². The normalized spacial score (nSPS) is 24.4. The van der Waals surface area contributed by atoms with E-state index in [4.69, 9.17) is 0 Å². The summed E-state index contributed by atoms with van der Waals surface area (Å²) in [5, 5.41) is 6.10. The molecule has 0 aliphatic carbocycles. The molecule has 1 aliphatic heterocycles. The number of hydrogen-bond donors (Lipinski definition) is 2. The first-order valence-electron chi connectivity index (χ1n) is 5.77. The molecule has 1 aromatic rings. The van der Waals surface area contributed by atoms with Crippen LogP contribution in [-0.2, 0) is 0 Å². The van der Waals surface area contributed by atoms with Crippen molar-refractivity contribution in [3.63, 3.8) is 0 Å². The molecule has 1 amide bonds. The largest absolute Gasteiger partial charge is 0.348 e. The Hall–Kier alpha value is -1.42. The van der Waals surface area contributed by atoms with Gasteiger partial charge in [-0.3, -0.25) is 4.79 Å². The number of nitrogens with one attached hydrogen (secondary N) is 2. The van der Waals surface area contributed by atoms with Crippen LogP contribution in [-0.4, -0.2) is 25.0 Å². The molecule has 2 N–H and O–H groups in total.